The molecule has 0 unspecified atom stereocenters. The van der Waals surface area contributed by atoms with Crippen molar-refractivity contribution in [3.63, 3.8) is 0 Å². The van der Waals surface area contributed by atoms with Gasteiger partial charge in [0.05, 0.1) is 41.3 Å². The van der Waals surface area contributed by atoms with Crippen molar-refractivity contribution in [3.8, 4) is 16.9 Å². The van der Waals surface area contributed by atoms with Crippen molar-refractivity contribution in [3.05, 3.63) is 82.9 Å². The summed E-state index contributed by atoms with van der Waals surface area (Å²) in [5.41, 5.74) is -0.832. The Hall–Kier alpha value is -5.01. The number of anilines is 1. The number of alkyl halides is 3. The van der Waals surface area contributed by atoms with Gasteiger partial charge in [-0.15, -0.1) is 0 Å². The number of aromatic nitrogens is 4. The van der Waals surface area contributed by atoms with Gasteiger partial charge in [0, 0.05) is 24.9 Å². The fraction of sp³-hybridized carbons (Fsp3) is 0.192. The Morgan fingerprint density at radius 2 is 1.80 bits per heavy atom. The maximum Gasteiger partial charge on any atom is 0.417 e. The molecule has 3 heterocycles. The van der Waals surface area contributed by atoms with Gasteiger partial charge >= 0.3 is 12.2 Å². The van der Waals surface area contributed by atoms with Crippen LogP contribution in [0.2, 0.25) is 0 Å². The van der Waals surface area contributed by atoms with Crippen LogP contribution in [0.1, 0.15) is 27.2 Å². The highest BCUT2D eigenvalue weighted by molar-refractivity contribution is 6.05. The molecule has 0 atom stereocenters. The molecule has 14 heteroatoms. The average Bonchev–Trinajstić information content (AvgIpc) is 3.59. The fourth-order valence-electron chi connectivity index (χ4n) is 4.19. The van der Waals surface area contributed by atoms with Crippen molar-refractivity contribution in [2.24, 2.45) is 7.05 Å². The number of amides is 4. The molecule has 0 bridgehead atoms. The summed E-state index contributed by atoms with van der Waals surface area (Å²) in [4.78, 5) is 38.2. The zero-order valence-corrected chi connectivity index (χ0v) is 21.1. The summed E-state index contributed by atoms with van der Waals surface area (Å²) in [7, 11) is 1.51. The Morgan fingerprint density at radius 1 is 1.07 bits per heavy atom. The molecule has 1 fully saturated rings. The monoisotopic (exact) mass is 555 g/mol. The minimum atomic E-state index is -4.90. The molecule has 10 nitrogen and oxygen atoms in total. The van der Waals surface area contributed by atoms with E-state index in [2.05, 4.69) is 20.8 Å². The molecule has 1 aliphatic heterocycles. The maximum absolute atomic E-state index is 15.0. The van der Waals surface area contributed by atoms with Crippen LogP contribution in [-0.4, -0.2) is 48.9 Å². The van der Waals surface area contributed by atoms with E-state index in [4.69, 9.17) is 0 Å². The number of nitrogens with one attached hydrogen (secondary N) is 2. The molecule has 40 heavy (non-hydrogen) atoms. The first-order chi connectivity index (χ1) is 18.9. The van der Waals surface area contributed by atoms with Crippen LogP contribution in [0.25, 0.3) is 16.9 Å². The highest BCUT2D eigenvalue weighted by atomic mass is 19.4. The van der Waals surface area contributed by atoms with E-state index in [9.17, 15) is 31.9 Å². The molecule has 0 radical (unpaired) electrons. The molecule has 4 amide bonds. The number of halogens is 4. The zero-order valence-electron chi connectivity index (χ0n) is 21.1. The third-order valence-electron chi connectivity index (χ3n) is 6.18. The maximum atomic E-state index is 15.0. The number of nitrogens with zero attached hydrogens (tertiary/aromatic N) is 5. The standard InChI is InChI=1S/C26H21F4N7O3/c1-14-3-5-16(6-4-14)37-22(9-15(33-37)13-36-23(38)12-31-25(36)40)32-24(39)18-10-17(21-7-8-35(2)34-21)19(11-20(18)27)26(28,29)30/h3-11H,12-13H2,1-2H3,(H,31,40)(H,32,39). The van der Waals surface area contributed by atoms with Crippen LogP contribution in [-0.2, 0) is 24.6 Å². The average molecular weight is 555 g/mol. The number of hydrogen-bond donors (Lipinski definition) is 2. The van der Waals surface area contributed by atoms with Crippen molar-refractivity contribution in [2.75, 3.05) is 11.9 Å². The van der Waals surface area contributed by atoms with Gasteiger partial charge in [-0.3, -0.25) is 19.2 Å². The van der Waals surface area contributed by atoms with E-state index < -0.39 is 46.5 Å². The lowest BCUT2D eigenvalue weighted by Crippen LogP contribution is -2.30. The number of hydrogen-bond acceptors (Lipinski definition) is 5. The Labute approximate surface area is 224 Å². The van der Waals surface area contributed by atoms with Gasteiger partial charge in [-0.1, -0.05) is 17.7 Å². The summed E-state index contributed by atoms with van der Waals surface area (Å²) in [5, 5.41) is 13.3. The highest BCUT2D eigenvalue weighted by Crippen LogP contribution is 2.38. The number of urea groups is 1. The molecule has 206 valence electrons. The van der Waals surface area contributed by atoms with E-state index in [0.29, 0.717) is 5.69 Å². The van der Waals surface area contributed by atoms with E-state index in [1.807, 2.05) is 6.92 Å². The van der Waals surface area contributed by atoms with Gasteiger partial charge in [0.1, 0.15) is 11.6 Å². The molecule has 0 spiro atoms. The number of aryl methyl sites for hydroxylation is 2. The van der Waals surface area contributed by atoms with Crippen molar-refractivity contribution in [1.82, 2.24) is 29.8 Å². The summed E-state index contributed by atoms with van der Waals surface area (Å²) < 4.78 is 58.7. The van der Waals surface area contributed by atoms with Crippen LogP contribution in [0.5, 0.6) is 0 Å². The SMILES string of the molecule is Cc1ccc(-n2nc(CN3C(=O)CNC3=O)cc2NC(=O)c2cc(-c3ccn(C)n3)c(C(F)(F)F)cc2F)cc1. The van der Waals surface area contributed by atoms with E-state index in [1.54, 1.807) is 24.3 Å². The van der Waals surface area contributed by atoms with Crippen LogP contribution in [0.4, 0.5) is 28.2 Å². The second-order valence-electron chi connectivity index (χ2n) is 9.11. The molecular weight excluding hydrogens is 534 g/mol. The molecule has 4 aromatic rings. The highest BCUT2D eigenvalue weighted by Gasteiger charge is 2.36. The Balaban J connectivity index is 1.54. The van der Waals surface area contributed by atoms with Crippen molar-refractivity contribution in [1.29, 1.82) is 0 Å². The Bertz CT molecular complexity index is 1620. The van der Waals surface area contributed by atoms with Crippen molar-refractivity contribution in [2.45, 2.75) is 19.6 Å². The lowest BCUT2D eigenvalue weighted by molar-refractivity contribution is -0.137. The van der Waals surface area contributed by atoms with Gasteiger partial charge in [-0.2, -0.15) is 23.4 Å². The zero-order chi connectivity index (χ0) is 28.8. The third kappa shape index (κ3) is 5.15. The van der Waals surface area contributed by atoms with Gasteiger partial charge in [0.2, 0.25) is 5.91 Å². The van der Waals surface area contributed by atoms with Crippen LogP contribution in [0.3, 0.4) is 0 Å². The lowest BCUT2D eigenvalue weighted by atomic mass is 9.99. The van der Waals surface area contributed by atoms with Gasteiger partial charge in [0.15, 0.2) is 0 Å². The summed E-state index contributed by atoms with van der Waals surface area (Å²) >= 11 is 0. The van der Waals surface area contributed by atoms with Gasteiger partial charge in [0.25, 0.3) is 5.91 Å². The van der Waals surface area contributed by atoms with Gasteiger partial charge in [-0.25, -0.2) is 13.9 Å². The van der Waals surface area contributed by atoms with Crippen LogP contribution in [0.15, 0.2) is 54.7 Å². The smallest absolute Gasteiger partial charge is 0.329 e. The molecule has 0 saturated carbocycles. The normalized spacial score (nSPS) is 13.6. The number of carbonyl (C=O) groups is 3. The predicted octanol–water partition coefficient (Wildman–Crippen LogP) is 4.04. The summed E-state index contributed by atoms with van der Waals surface area (Å²) in [6, 6.07) is 10.1. The van der Waals surface area contributed by atoms with Crippen LogP contribution in [0, 0.1) is 12.7 Å². The quantitative estimate of drug-likeness (QED) is 0.275. The van der Waals surface area contributed by atoms with Crippen LogP contribution < -0.4 is 10.6 Å². The van der Waals surface area contributed by atoms with Gasteiger partial charge < -0.3 is 10.6 Å². The predicted molar refractivity (Wildman–Crippen MR) is 134 cm³/mol. The molecule has 1 aliphatic rings. The first-order valence-electron chi connectivity index (χ1n) is 11.9. The number of carbonyl (C=O) groups excluding carboxylic acids is 3. The summed E-state index contributed by atoms with van der Waals surface area (Å²) in [5.74, 6) is -2.85. The number of benzene rings is 2. The van der Waals surface area contributed by atoms with E-state index in [-0.39, 0.29) is 36.4 Å². The number of rotatable bonds is 6. The molecule has 5 rings (SSSR count). The van der Waals surface area contributed by atoms with Crippen molar-refractivity contribution >= 4 is 23.7 Å². The second-order valence-corrected chi connectivity index (χ2v) is 9.11. The summed E-state index contributed by atoms with van der Waals surface area (Å²) in [6.07, 6.45) is -3.48. The fourth-order valence-corrected chi connectivity index (χ4v) is 4.19. The Kier molecular flexibility index (Phi) is 6.61. The Morgan fingerprint density at radius 3 is 2.40 bits per heavy atom. The van der Waals surface area contributed by atoms with Crippen LogP contribution >= 0.6 is 0 Å². The first kappa shape index (κ1) is 26.6. The minimum Gasteiger partial charge on any atom is -0.329 e. The third-order valence-corrected chi connectivity index (χ3v) is 6.18. The molecule has 1 saturated heterocycles. The minimum absolute atomic E-state index is 0.0367. The molecule has 0 aliphatic carbocycles. The topological polar surface area (TPSA) is 114 Å². The van der Waals surface area contributed by atoms with E-state index in [1.165, 1.54) is 34.7 Å². The molecule has 2 aromatic carbocycles. The summed E-state index contributed by atoms with van der Waals surface area (Å²) in [6.45, 7) is 1.50. The lowest BCUT2D eigenvalue weighted by Gasteiger charge is -2.15. The van der Waals surface area contributed by atoms with E-state index in [0.717, 1.165) is 16.5 Å². The molecule has 2 aromatic heterocycles. The number of imide groups is 1. The first-order valence-corrected chi connectivity index (χ1v) is 11.9. The van der Waals surface area contributed by atoms with Gasteiger partial charge in [-0.05, 0) is 37.3 Å². The molecular formula is C26H21F4N7O3. The largest absolute Gasteiger partial charge is 0.417 e. The van der Waals surface area contributed by atoms with E-state index >= 15 is 0 Å². The van der Waals surface area contributed by atoms with Crippen molar-refractivity contribution < 1.29 is 31.9 Å². The molecule has 2 N–H and O–H groups in total. The second kappa shape index (κ2) is 9.94.